The van der Waals surface area contributed by atoms with E-state index in [-0.39, 0.29) is 43.9 Å². The van der Waals surface area contributed by atoms with E-state index in [1.54, 1.807) is 36.4 Å². The Kier molecular flexibility index (Phi) is 12.9. The van der Waals surface area contributed by atoms with Crippen LogP contribution in [0.3, 0.4) is 0 Å². The summed E-state index contributed by atoms with van der Waals surface area (Å²) >= 11 is 0. The number of carboxylic acids is 1. The Bertz CT molecular complexity index is 1430. The lowest BCUT2D eigenvalue weighted by atomic mass is 10.0. The van der Waals surface area contributed by atoms with Crippen LogP contribution in [-0.4, -0.2) is 80.5 Å². The second-order valence-electron chi connectivity index (χ2n) is 10.4. The second kappa shape index (κ2) is 17.0. The van der Waals surface area contributed by atoms with Crippen molar-refractivity contribution < 1.29 is 29.4 Å². The number of phenols is 1. The average Bonchev–Trinajstić information content (AvgIpc) is 3.52. The molecule has 0 spiro atoms. The maximum atomic E-state index is 13.7. The molecule has 3 rings (SSSR count). The van der Waals surface area contributed by atoms with Gasteiger partial charge in [0.25, 0.3) is 0 Å². The number of hydrogen-bond acceptors (Lipinski definition) is 8. The van der Waals surface area contributed by atoms with Crippen molar-refractivity contribution in [3.63, 3.8) is 0 Å². The highest BCUT2D eigenvalue weighted by Crippen LogP contribution is 2.12. The fourth-order valence-electron chi connectivity index (χ4n) is 4.43. The van der Waals surface area contributed by atoms with E-state index >= 15 is 0 Å². The summed E-state index contributed by atoms with van der Waals surface area (Å²) in [4.78, 5) is 62.9. The van der Waals surface area contributed by atoms with Crippen molar-refractivity contribution in [2.45, 2.75) is 56.3 Å². The molecule has 0 radical (unpaired) electrons. The molecule has 3 aromatic rings. The number of aliphatic imine (C=N–C) groups is 1. The second-order valence-corrected chi connectivity index (χ2v) is 10.4. The molecular weight excluding hydrogens is 582 g/mol. The Balaban J connectivity index is 1.77. The summed E-state index contributed by atoms with van der Waals surface area (Å²) in [7, 11) is 0. The van der Waals surface area contributed by atoms with Gasteiger partial charge in [-0.25, -0.2) is 9.78 Å². The molecule has 12 N–H and O–H groups in total. The normalized spacial score (nSPS) is 13.4. The fourth-order valence-corrected chi connectivity index (χ4v) is 4.43. The summed E-state index contributed by atoms with van der Waals surface area (Å²) in [5, 5.41) is 27.2. The minimum absolute atomic E-state index is 0.0149. The van der Waals surface area contributed by atoms with Crippen molar-refractivity contribution in [1.82, 2.24) is 25.9 Å². The summed E-state index contributed by atoms with van der Waals surface area (Å²) in [6.07, 6.45) is 3.55. The highest BCUT2D eigenvalue weighted by molar-refractivity contribution is 5.94. The Hall–Kier alpha value is -5.44. The Morgan fingerprint density at radius 3 is 2.00 bits per heavy atom. The van der Waals surface area contributed by atoms with Gasteiger partial charge >= 0.3 is 5.97 Å². The third-order valence-corrected chi connectivity index (χ3v) is 6.82. The van der Waals surface area contributed by atoms with E-state index in [9.17, 15) is 29.4 Å². The van der Waals surface area contributed by atoms with Crippen molar-refractivity contribution >= 4 is 29.7 Å². The number of aliphatic carboxylic acids is 1. The maximum Gasteiger partial charge on any atom is 0.326 e. The van der Waals surface area contributed by atoms with Crippen LogP contribution in [0.15, 0.2) is 72.1 Å². The van der Waals surface area contributed by atoms with Gasteiger partial charge in [0.15, 0.2) is 5.96 Å². The molecule has 0 saturated carbocycles. The molecule has 4 atom stereocenters. The molecule has 1 aromatic heterocycles. The fraction of sp³-hybridized carbons (Fsp3) is 0.333. The third kappa shape index (κ3) is 11.6. The Morgan fingerprint density at radius 1 is 0.822 bits per heavy atom. The zero-order valence-electron chi connectivity index (χ0n) is 24.6. The number of carboxylic acid groups (broad SMARTS) is 1. The number of nitrogens with one attached hydrogen (secondary N) is 4. The third-order valence-electron chi connectivity index (χ3n) is 6.82. The number of nitrogens with zero attached hydrogens (tertiary/aromatic N) is 2. The van der Waals surface area contributed by atoms with E-state index in [0.29, 0.717) is 17.7 Å². The summed E-state index contributed by atoms with van der Waals surface area (Å²) in [6.45, 7) is 0.283. The van der Waals surface area contributed by atoms with Crippen molar-refractivity contribution in [2.75, 3.05) is 6.54 Å². The number of nitrogens with two attached hydrogens (primary N) is 3. The number of rotatable bonds is 17. The summed E-state index contributed by atoms with van der Waals surface area (Å²) < 4.78 is 0. The van der Waals surface area contributed by atoms with Gasteiger partial charge in [-0.3, -0.25) is 19.4 Å². The van der Waals surface area contributed by atoms with Crippen LogP contribution in [0, 0.1) is 0 Å². The van der Waals surface area contributed by atoms with Crippen molar-refractivity contribution in [1.29, 1.82) is 0 Å². The Morgan fingerprint density at radius 2 is 1.40 bits per heavy atom. The lowest BCUT2D eigenvalue weighted by Crippen LogP contribution is -2.58. The first-order valence-electron chi connectivity index (χ1n) is 14.3. The molecular formula is C30H39N9O6. The molecule has 2 aromatic carbocycles. The van der Waals surface area contributed by atoms with E-state index < -0.39 is 47.9 Å². The number of benzene rings is 2. The van der Waals surface area contributed by atoms with Gasteiger partial charge in [-0.05, 0) is 36.1 Å². The summed E-state index contributed by atoms with van der Waals surface area (Å²) in [5.74, 6) is -3.36. The molecule has 0 aliphatic carbocycles. The van der Waals surface area contributed by atoms with Crippen molar-refractivity contribution in [2.24, 2.45) is 22.2 Å². The lowest BCUT2D eigenvalue weighted by molar-refractivity contribution is -0.142. The predicted octanol–water partition coefficient (Wildman–Crippen LogP) is -0.937. The molecule has 3 amide bonds. The number of hydrogen-bond donors (Lipinski definition) is 9. The topological polar surface area (TPSA) is 264 Å². The first-order chi connectivity index (χ1) is 21.5. The molecule has 0 aliphatic heterocycles. The van der Waals surface area contributed by atoms with Gasteiger partial charge in [-0.1, -0.05) is 42.5 Å². The number of phenolic OH excluding ortho intramolecular Hbond substituents is 1. The molecule has 1 heterocycles. The van der Waals surface area contributed by atoms with Gasteiger partial charge in [-0.15, -0.1) is 0 Å². The smallest absolute Gasteiger partial charge is 0.326 e. The minimum atomic E-state index is -1.33. The van der Waals surface area contributed by atoms with Crippen LogP contribution in [0.25, 0.3) is 0 Å². The number of aromatic hydroxyl groups is 1. The number of H-pyrrole nitrogens is 1. The van der Waals surface area contributed by atoms with E-state index in [4.69, 9.17) is 17.2 Å². The number of aromatic amines is 1. The van der Waals surface area contributed by atoms with Crippen LogP contribution >= 0.6 is 0 Å². The number of amides is 3. The van der Waals surface area contributed by atoms with E-state index in [2.05, 4.69) is 30.9 Å². The molecule has 15 nitrogen and oxygen atoms in total. The van der Waals surface area contributed by atoms with Gasteiger partial charge < -0.3 is 48.3 Å². The SMILES string of the molecule is NC(N)=NCCCC(N)C(=O)NC(Cc1ccccc1)C(=O)NC(Cc1cnc[nH]1)C(=O)NC(Cc1ccc(O)cc1)C(=O)O. The minimum Gasteiger partial charge on any atom is -0.508 e. The first-order valence-corrected chi connectivity index (χ1v) is 14.3. The van der Waals surface area contributed by atoms with Gasteiger partial charge in [-0.2, -0.15) is 0 Å². The number of carbonyl (C=O) groups excluding carboxylic acids is 3. The van der Waals surface area contributed by atoms with Crippen molar-refractivity contribution in [3.8, 4) is 5.75 Å². The van der Waals surface area contributed by atoms with E-state index in [1.807, 2.05) is 6.07 Å². The van der Waals surface area contributed by atoms with Crippen LogP contribution in [0.1, 0.15) is 29.7 Å². The van der Waals surface area contributed by atoms with Gasteiger partial charge in [0.2, 0.25) is 17.7 Å². The number of imidazole rings is 1. The molecule has 45 heavy (non-hydrogen) atoms. The van der Waals surface area contributed by atoms with Gasteiger partial charge in [0.05, 0.1) is 12.4 Å². The molecule has 4 unspecified atom stereocenters. The van der Waals surface area contributed by atoms with Crippen LogP contribution in [-0.2, 0) is 38.4 Å². The largest absolute Gasteiger partial charge is 0.508 e. The van der Waals surface area contributed by atoms with Crippen LogP contribution < -0.4 is 33.2 Å². The van der Waals surface area contributed by atoms with Crippen LogP contribution in [0.4, 0.5) is 0 Å². The monoisotopic (exact) mass is 621 g/mol. The molecule has 0 bridgehead atoms. The molecule has 0 saturated heterocycles. The average molecular weight is 622 g/mol. The highest BCUT2D eigenvalue weighted by Gasteiger charge is 2.31. The van der Waals surface area contributed by atoms with Crippen molar-refractivity contribution in [3.05, 3.63) is 83.9 Å². The molecule has 0 fully saturated rings. The van der Waals surface area contributed by atoms with E-state index in [1.165, 1.54) is 24.7 Å². The summed E-state index contributed by atoms with van der Waals surface area (Å²) in [6, 6.07) is 10.2. The van der Waals surface area contributed by atoms with Gasteiger partial charge in [0.1, 0.15) is 23.9 Å². The van der Waals surface area contributed by atoms with Crippen LogP contribution in [0.5, 0.6) is 5.75 Å². The maximum absolute atomic E-state index is 13.7. The molecule has 0 aliphatic rings. The zero-order chi connectivity index (χ0) is 32.8. The Labute approximate surface area is 259 Å². The molecule has 15 heteroatoms. The van der Waals surface area contributed by atoms with Gasteiger partial charge in [0, 0.05) is 37.7 Å². The number of aromatic nitrogens is 2. The number of carbonyl (C=O) groups is 4. The first kappa shape index (κ1) is 34.1. The zero-order valence-corrected chi connectivity index (χ0v) is 24.6. The summed E-state index contributed by atoms with van der Waals surface area (Å²) in [5.41, 5.74) is 18.5. The quantitative estimate of drug-likeness (QED) is 0.0507. The van der Waals surface area contributed by atoms with Crippen LogP contribution in [0.2, 0.25) is 0 Å². The standard InChI is InChI=1S/C30H39N9O6/c31-22(7-4-12-35-30(32)33)26(41)37-23(13-18-5-2-1-3-6-18)27(42)38-24(15-20-16-34-17-36-20)28(43)39-25(29(44)45)14-19-8-10-21(40)11-9-19/h1-3,5-6,8-11,16-17,22-25,40H,4,7,12-15,31H2,(H,34,36)(H,37,41)(H,38,42)(H,39,43)(H,44,45)(H4,32,33,35). The lowest BCUT2D eigenvalue weighted by Gasteiger charge is -2.25. The van der Waals surface area contributed by atoms with E-state index in [0.717, 1.165) is 5.56 Å². The number of guanidine groups is 1. The predicted molar refractivity (Wildman–Crippen MR) is 166 cm³/mol. The highest BCUT2D eigenvalue weighted by atomic mass is 16.4. The molecule has 240 valence electrons.